The molecule has 34 heavy (non-hydrogen) atoms. The number of fused-ring (bicyclic) bond motifs is 1. The van der Waals surface area contributed by atoms with Gasteiger partial charge >= 0.3 is 5.97 Å². The normalized spacial score (nSPS) is 11.4. The lowest BCUT2D eigenvalue weighted by atomic mass is 10.1. The molecule has 0 aliphatic heterocycles. The number of carboxylic acid groups (broad SMARTS) is 1. The van der Waals surface area contributed by atoms with Crippen LogP contribution in [0.5, 0.6) is 11.5 Å². The molecule has 7 heteroatoms. The first-order valence-corrected chi connectivity index (χ1v) is 11.1. The molecule has 0 aliphatic carbocycles. The quantitative estimate of drug-likeness (QED) is 0.342. The average molecular weight is 461 g/mol. The molecule has 4 rings (SSSR count). The number of oxazole rings is 1. The number of methoxy groups -OCH3 is 1. The molecule has 4 aromatic rings. The first-order valence-electron chi connectivity index (χ1n) is 11.1. The van der Waals surface area contributed by atoms with Crippen LogP contribution in [0, 0.1) is 0 Å². The second-order valence-corrected chi connectivity index (χ2v) is 8.55. The lowest BCUT2D eigenvalue weighted by molar-refractivity contribution is -0.152. The molecule has 176 valence electrons. The Labute approximate surface area is 198 Å². The molecule has 0 radical (unpaired) electrons. The molecule has 0 spiro atoms. The van der Waals surface area contributed by atoms with Crippen LogP contribution in [0.25, 0.3) is 11.1 Å². The van der Waals surface area contributed by atoms with E-state index in [1.807, 2.05) is 60.7 Å². The highest BCUT2D eigenvalue weighted by atomic mass is 16.5. The summed E-state index contributed by atoms with van der Waals surface area (Å²) < 4.78 is 16.9. The Balaban J connectivity index is 1.50. The van der Waals surface area contributed by atoms with Crippen molar-refractivity contribution in [3.05, 3.63) is 83.9 Å². The van der Waals surface area contributed by atoms with E-state index >= 15 is 0 Å². The van der Waals surface area contributed by atoms with E-state index in [4.69, 9.17) is 13.9 Å². The lowest BCUT2D eigenvalue weighted by Crippen LogP contribution is -2.37. The maximum atomic E-state index is 11.3. The van der Waals surface area contributed by atoms with Crippen molar-refractivity contribution in [1.29, 1.82) is 0 Å². The number of para-hydroxylation sites is 2. The van der Waals surface area contributed by atoms with Crippen molar-refractivity contribution in [2.45, 2.75) is 32.4 Å². The van der Waals surface area contributed by atoms with E-state index in [1.165, 1.54) is 13.8 Å². The van der Waals surface area contributed by atoms with Gasteiger partial charge in [0.2, 0.25) is 0 Å². The molecule has 0 amide bonds. The van der Waals surface area contributed by atoms with Gasteiger partial charge in [0.15, 0.2) is 11.2 Å². The van der Waals surface area contributed by atoms with Crippen LogP contribution in [0.1, 0.15) is 25.0 Å². The average Bonchev–Trinajstić information content (AvgIpc) is 3.27. The molecule has 0 atom stereocenters. The zero-order valence-electron chi connectivity index (χ0n) is 19.5. The second kappa shape index (κ2) is 9.87. The number of aromatic nitrogens is 1. The molecule has 1 heterocycles. The van der Waals surface area contributed by atoms with Crippen molar-refractivity contribution in [2.75, 3.05) is 18.6 Å². The van der Waals surface area contributed by atoms with E-state index in [0.29, 0.717) is 24.9 Å². The molecule has 1 aromatic heterocycles. The Morgan fingerprint density at radius 1 is 0.971 bits per heavy atom. The monoisotopic (exact) mass is 460 g/mol. The zero-order chi connectivity index (χ0) is 24.1. The molecule has 0 fully saturated rings. The van der Waals surface area contributed by atoms with Gasteiger partial charge in [-0.25, -0.2) is 4.79 Å². The fraction of sp³-hybridized carbons (Fsp3) is 0.259. The van der Waals surface area contributed by atoms with E-state index in [2.05, 4.69) is 9.88 Å². The van der Waals surface area contributed by atoms with Crippen molar-refractivity contribution in [2.24, 2.45) is 0 Å². The summed E-state index contributed by atoms with van der Waals surface area (Å²) in [5, 5.41) is 9.26. The van der Waals surface area contributed by atoms with Crippen LogP contribution >= 0.6 is 0 Å². The second-order valence-electron chi connectivity index (χ2n) is 8.55. The zero-order valence-corrected chi connectivity index (χ0v) is 19.5. The third-order valence-electron chi connectivity index (χ3n) is 5.57. The first-order chi connectivity index (χ1) is 16.3. The molecule has 0 unspecified atom stereocenters. The number of ether oxygens (including phenoxy) is 2. The van der Waals surface area contributed by atoms with Crippen LogP contribution in [0.4, 0.5) is 6.01 Å². The molecule has 0 saturated heterocycles. The molecule has 7 nitrogen and oxygen atoms in total. The molecule has 3 aromatic carbocycles. The van der Waals surface area contributed by atoms with Crippen LogP contribution in [0.15, 0.2) is 77.2 Å². The highest BCUT2D eigenvalue weighted by Crippen LogP contribution is 2.25. The summed E-state index contributed by atoms with van der Waals surface area (Å²) in [6.07, 6.45) is 0.748. The van der Waals surface area contributed by atoms with Crippen molar-refractivity contribution in [1.82, 2.24) is 4.98 Å². The van der Waals surface area contributed by atoms with Crippen molar-refractivity contribution in [3.8, 4) is 11.5 Å². The highest BCUT2D eigenvalue weighted by Gasteiger charge is 2.29. The Hall–Kier alpha value is -4.00. The van der Waals surface area contributed by atoms with Crippen molar-refractivity contribution < 1.29 is 23.8 Å². The number of nitrogens with zero attached hydrogens (tertiary/aromatic N) is 2. The third kappa shape index (κ3) is 5.49. The van der Waals surface area contributed by atoms with Crippen molar-refractivity contribution in [3.63, 3.8) is 0 Å². The summed E-state index contributed by atoms with van der Waals surface area (Å²) in [6, 6.07) is 23.7. The summed E-state index contributed by atoms with van der Waals surface area (Å²) >= 11 is 0. The Morgan fingerprint density at radius 3 is 2.26 bits per heavy atom. The number of benzene rings is 3. The number of hydrogen-bond donors (Lipinski definition) is 1. The van der Waals surface area contributed by atoms with Crippen LogP contribution in [-0.4, -0.2) is 35.3 Å². The summed E-state index contributed by atoms with van der Waals surface area (Å²) in [6.45, 7) is 4.37. The van der Waals surface area contributed by atoms with Gasteiger partial charge in [-0.15, -0.1) is 0 Å². The highest BCUT2D eigenvalue weighted by molar-refractivity contribution is 5.76. The largest absolute Gasteiger partial charge is 0.497 e. The minimum atomic E-state index is -1.29. The van der Waals surface area contributed by atoms with Gasteiger partial charge in [-0.1, -0.05) is 36.4 Å². The minimum absolute atomic E-state index is 0.519. The van der Waals surface area contributed by atoms with Gasteiger partial charge in [-0.05, 0) is 67.8 Å². The van der Waals surface area contributed by atoms with Gasteiger partial charge in [0.1, 0.15) is 17.0 Å². The van der Waals surface area contributed by atoms with Gasteiger partial charge in [-0.2, -0.15) is 4.98 Å². The Morgan fingerprint density at radius 2 is 1.62 bits per heavy atom. The number of hydrogen-bond acceptors (Lipinski definition) is 6. The van der Waals surface area contributed by atoms with Crippen LogP contribution in [0.2, 0.25) is 0 Å². The van der Waals surface area contributed by atoms with Crippen LogP contribution < -0.4 is 14.4 Å². The van der Waals surface area contributed by atoms with E-state index in [-0.39, 0.29) is 0 Å². The van der Waals surface area contributed by atoms with Gasteiger partial charge < -0.3 is 23.9 Å². The maximum Gasteiger partial charge on any atom is 0.347 e. The number of anilines is 1. The molecule has 1 N–H and O–H groups in total. The summed E-state index contributed by atoms with van der Waals surface area (Å²) in [5.41, 5.74) is 2.49. The Bertz CT molecular complexity index is 1210. The SMILES string of the molecule is COc1ccc(CN(CCc2ccc(OC(C)(C)C(=O)O)cc2)c2nc3ccccc3o2)cc1. The van der Waals surface area contributed by atoms with E-state index in [9.17, 15) is 9.90 Å². The fourth-order valence-electron chi connectivity index (χ4n) is 3.52. The smallest absolute Gasteiger partial charge is 0.347 e. The van der Waals surface area contributed by atoms with E-state index < -0.39 is 11.6 Å². The number of carboxylic acids is 1. The summed E-state index contributed by atoms with van der Waals surface area (Å²) in [4.78, 5) is 18.1. The predicted molar refractivity (Wildman–Crippen MR) is 131 cm³/mol. The molecule has 0 bridgehead atoms. The summed E-state index contributed by atoms with van der Waals surface area (Å²) in [7, 11) is 1.65. The maximum absolute atomic E-state index is 11.3. The van der Waals surface area contributed by atoms with E-state index in [0.717, 1.165) is 34.4 Å². The van der Waals surface area contributed by atoms with Crippen LogP contribution in [-0.2, 0) is 17.8 Å². The molecule has 0 aliphatic rings. The molecule has 0 saturated carbocycles. The first kappa shape index (κ1) is 23.2. The standard InChI is InChI=1S/C27H28N2O5/c1-27(2,25(30)31)34-22-14-8-19(9-15-22)16-17-29(18-20-10-12-21(32-3)13-11-20)26-28-23-6-4-5-7-24(23)33-26/h4-15H,16-18H2,1-3H3,(H,30,31). The van der Waals surface area contributed by atoms with Gasteiger partial charge in [-0.3, -0.25) is 0 Å². The minimum Gasteiger partial charge on any atom is -0.497 e. The third-order valence-corrected chi connectivity index (χ3v) is 5.57. The van der Waals surface area contributed by atoms with Crippen LogP contribution in [0.3, 0.4) is 0 Å². The molecular weight excluding hydrogens is 432 g/mol. The van der Waals surface area contributed by atoms with E-state index in [1.54, 1.807) is 19.2 Å². The van der Waals surface area contributed by atoms with Gasteiger partial charge in [0.05, 0.1) is 7.11 Å². The number of carbonyl (C=O) groups is 1. The van der Waals surface area contributed by atoms with Gasteiger partial charge in [0, 0.05) is 13.1 Å². The van der Waals surface area contributed by atoms with Crippen molar-refractivity contribution >= 4 is 23.1 Å². The lowest BCUT2D eigenvalue weighted by Gasteiger charge is -2.22. The van der Waals surface area contributed by atoms with Gasteiger partial charge in [0.25, 0.3) is 6.01 Å². The molecular formula is C27H28N2O5. The topological polar surface area (TPSA) is 85.0 Å². The predicted octanol–water partition coefficient (Wildman–Crippen LogP) is 5.33. The summed E-state index contributed by atoms with van der Waals surface area (Å²) in [5.74, 6) is 0.319. The fourth-order valence-corrected chi connectivity index (χ4v) is 3.52. The number of aliphatic carboxylic acids is 1. The number of rotatable bonds is 10. The Kier molecular flexibility index (Phi) is 6.72.